The number of hydrogen-bond donors (Lipinski definition) is 1. The van der Waals surface area contributed by atoms with E-state index in [0.717, 1.165) is 4.47 Å². The van der Waals surface area contributed by atoms with Gasteiger partial charge in [-0.25, -0.2) is 9.78 Å². The number of pyridine rings is 1. The van der Waals surface area contributed by atoms with E-state index >= 15 is 0 Å². The molecule has 0 amide bonds. The van der Waals surface area contributed by atoms with Crippen LogP contribution in [0.2, 0.25) is 0 Å². The van der Waals surface area contributed by atoms with Gasteiger partial charge in [0.05, 0.1) is 12.7 Å². The number of methoxy groups -OCH3 is 1. The highest BCUT2D eigenvalue weighted by Crippen LogP contribution is 2.36. The van der Waals surface area contributed by atoms with Crippen molar-refractivity contribution in [3.63, 3.8) is 0 Å². The predicted molar refractivity (Wildman–Crippen MR) is 76.0 cm³/mol. The van der Waals surface area contributed by atoms with E-state index in [4.69, 9.17) is 4.74 Å². The summed E-state index contributed by atoms with van der Waals surface area (Å²) < 4.78 is 6.02. The van der Waals surface area contributed by atoms with Crippen LogP contribution in [0.4, 0.5) is 0 Å². The zero-order valence-corrected chi connectivity index (χ0v) is 12.4. The Balaban J connectivity index is 2.42. The van der Waals surface area contributed by atoms with E-state index in [-0.39, 0.29) is 5.56 Å². The summed E-state index contributed by atoms with van der Waals surface area (Å²) in [6.07, 6.45) is 1.64. The average molecular weight is 340 g/mol. The maximum atomic E-state index is 11.2. The van der Waals surface area contributed by atoms with Crippen LogP contribution in [-0.4, -0.2) is 23.2 Å². The predicted octanol–water partition coefficient (Wildman–Crippen LogP) is 3.70. The second-order valence-electron chi connectivity index (χ2n) is 3.56. The number of ether oxygens (including phenoxy) is 1. The molecule has 98 valence electrons. The molecular formula is C13H10BrNO3S. The summed E-state index contributed by atoms with van der Waals surface area (Å²) in [5.74, 6) is -0.353. The number of halogens is 1. The van der Waals surface area contributed by atoms with Gasteiger partial charge >= 0.3 is 5.97 Å². The highest BCUT2D eigenvalue weighted by molar-refractivity contribution is 9.10. The Morgan fingerprint density at radius 3 is 2.89 bits per heavy atom. The van der Waals surface area contributed by atoms with E-state index in [2.05, 4.69) is 20.9 Å². The lowest BCUT2D eigenvalue weighted by Crippen LogP contribution is -1.99. The summed E-state index contributed by atoms with van der Waals surface area (Å²) in [4.78, 5) is 16.0. The van der Waals surface area contributed by atoms with Gasteiger partial charge in [-0.2, -0.15) is 0 Å². The van der Waals surface area contributed by atoms with Crippen LogP contribution in [0, 0.1) is 0 Å². The Bertz CT molecular complexity index is 619. The van der Waals surface area contributed by atoms with Crippen LogP contribution in [-0.2, 0) is 0 Å². The van der Waals surface area contributed by atoms with Crippen LogP contribution in [0.5, 0.6) is 5.75 Å². The molecule has 19 heavy (non-hydrogen) atoms. The third-order valence-electron chi connectivity index (χ3n) is 2.34. The second kappa shape index (κ2) is 6.08. The van der Waals surface area contributed by atoms with Gasteiger partial charge in [0, 0.05) is 15.6 Å². The summed E-state index contributed by atoms with van der Waals surface area (Å²) in [6.45, 7) is 0. The summed E-state index contributed by atoms with van der Waals surface area (Å²) in [5.41, 5.74) is 0.237. The highest BCUT2D eigenvalue weighted by atomic mass is 79.9. The standard InChI is InChI=1S/C13H10BrNO3S/c1-18-10-3-2-6-15-12(10)19-11-7-8(14)4-5-9(11)13(16)17/h2-7H,1H3,(H,16,17). The molecule has 4 nitrogen and oxygen atoms in total. The third kappa shape index (κ3) is 3.27. The van der Waals surface area contributed by atoms with Crippen molar-refractivity contribution in [3.8, 4) is 5.75 Å². The molecule has 2 rings (SSSR count). The Morgan fingerprint density at radius 2 is 2.21 bits per heavy atom. The van der Waals surface area contributed by atoms with E-state index in [1.165, 1.54) is 11.8 Å². The van der Waals surface area contributed by atoms with E-state index in [1.54, 1.807) is 43.6 Å². The molecule has 0 aliphatic carbocycles. The number of carbonyl (C=O) groups is 1. The SMILES string of the molecule is COc1cccnc1Sc1cc(Br)ccc1C(=O)O. The first kappa shape index (κ1) is 13.9. The fourth-order valence-corrected chi connectivity index (χ4v) is 3.01. The largest absolute Gasteiger partial charge is 0.494 e. The minimum Gasteiger partial charge on any atom is -0.494 e. The summed E-state index contributed by atoms with van der Waals surface area (Å²) in [6, 6.07) is 8.56. The fourth-order valence-electron chi connectivity index (χ4n) is 1.47. The molecular weight excluding hydrogens is 330 g/mol. The normalized spacial score (nSPS) is 10.2. The van der Waals surface area contributed by atoms with Gasteiger partial charge in [0.25, 0.3) is 0 Å². The lowest BCUT2D eigenvalue weighted by Gasteiger charge is -2.09. The van der Waals surface area contributed by atoms with Crippen molar-refractivity contribution in [2.75, 3.05) is 7.11 Å². The molecule has 1 aromatic heterocycles. The van der Waals surface area contributed by atoms with Crippen LogP contribution >= 0.6 is 27.7 Å². The van der Waals surface area contributed by atoms with Gasteiger partial charge < -0.3 is 9.84 Å². The van der Waals surface area contributed by atoms with Crippen molar-refractivity contribution < 1.29 is 14.6 Å². The minimum absolute atomic E-state index is 0.237. The molecule has 0 radical (unpaired) electrons. The number of benzene rings is 1. The molecule has 0 spiro atoms. The zero-order valence-electron chi connectivity index (χ0n) is 9.96. The first-order valence-electron chi connectivity index (χ1n) is 5.31. The number of carboxylic acids is 1. The van der Waals surface area contributed by atoms with Gasteiger partial charge in [-0.1, -0.05) is 27.7 Å². The number of hydrogen-bond acceptors (Lipinski definition) is 4. The third-order valence-corrected chi connectivity index (χ3v) is 3.89. The average Bonchev–Trinajstić information content (AvgIpc) is 2.39. The maximum absolute atomic E-state index is 11.2. The Kier molecular flexibility index (Phi) is 4.44. The molecule has 0 saturated carbocycles. The quantitative estimate of drug-likeness (QED) is 0.920. The molecule has 0 aliphatic heterocycles. The van der Waals surface area contributed by atoms with Gasteiger partial charge in [0.15, 0.2) is 5.75 Å². The van der Waals surface area contributed by atoms with Crippen molar-refractivity contribution in [2.45, 2.75) is 9.92 Å². The van der Waals surface area contributed by atoms with Crippen molar-refractivity contribution in [2.24, 2.45) is 0 Å². The van der Waals surface area contributed by atoms with Crippen molar-refractivity contribution >= 4 is 33.7 Å². The molecule has 2 aromatic rings. The van der Waals surface area contributed by atoms with Gasteiger partial charge in [-0.3, -0.25) is 0 Å². The molecule has 0 bridgehead atoms. The van der Waals surface area contributed by atoms with Crippen LogP contribution in [0.3, 0.4) is 0 Å². The van der Waals surface area contributed by atoms with Crippen molar-refractivity contribution in [1.29, 1.82) is 0 Å². The topological polar surface area (TPSA) is 59.4 Å². The summed E-state index contributed by atoms with van der Waals surface area (Å²) in [7, 11) is 1.56. The van der Waals surface area contributed by atoms with Crippen LogP contribution < -0.4 is 4.74 Å². The smallest absolute Gasteiger partial charge is 0.336 e. The van der Waals surface area contributed by atoms with Crippen molar-refractivity contribution in [3.05, 3.63) is 46.6 Å². The number of aromatic carboxylic acids is 1. The Hall–Kier alpha value is -1.53. The molecule has 1 aromatic carbocycles. The summed E-state index contributed by atoms with van der Waals surface area (Å²) in [5, 5.41) is 9.81. The van der Waals surface area contributed by atoms with Crippen molar-refractivity contribution in [1.82, 2.24) is 4.98 Å². The number of aromatic nitrogens is 1. The molecule has 0 unspecified atom stereocenters. The number of nitrogens with zero attached hydrogens (tertiary/aromatic N) is 1. The molecule has 0 fully saturated rings. The number of rotatable bonds is 4. The Labute approximate surface area is 122 Å². The Morgan fingerprint density at radius 1 is 1.42 bits per heavy atom. The first-order valence-corrected chi connectivity index (χ1v) is 6.92. The minimum atomic E-state index is -0.968. The molecule has 6 heteroatoms. The molecule has 1 heterocycles. The van der Waals surface area contributed by atoms with Crippen LogP contribution in [0.15, 0.2) is 50.9 Å². The second-order valence-corrected chi connectivity index (χ2v) is 5.50. The molecule has 0 saturated heterocycles. The van der Waals surface area contributed by atoms with Gasteiger partial charge in [-0.15, -0.1) is 0 Å². The first-order chi connectivity index (χ1) is 9.11. The van der Waals surface area contributed by atoms with Crippen LogP contribution in [0.25, 0.3) is 0 Å². The molecule has 0 aliphatic rings. The van der Waals surface area contributed by atoms with Gasteiger partial charge in [0.2, 0.25) is 0 Å². The summed E-state index contributed by atoms with van der Waals surface area (Å²) >= 11 is 4.60. The van der Waals surface area contributed by atoms with Gasteiger partial charge in [-0.05, 0) is 30.3 Å². The maximum Gasteiger partial charge on any atom is 0.336 e. The van der Waals surface area contributed by atoms with E-state index in [1.807, 2.05) is 0 Å². The van der Waals surface area contributed by atoms with E-state index in [9.17, 15) is 9.90 Å². The zero-order chi connectivity index (χ0) is 13.8. The number of carboxylic acid groups (broad SMARTS) is 1. The fraction of sp³-hybridized carbons (Fsp3) is 0.0769. The lowest BCUT2D eigenvalue weighted by molar-refractivity contribution is 0.0693. The highest BCUT2D eigenvalue weighted by Gasteiger charge is 2.14. The van der Waals surface area contributed by atoms with Gasteiger partial charge in [0.1, 0.15) is 5.03 Å². The van der Waals surface area contributed by atoms with E-state index < -0.39 is 5.97 Å². The van der Waals surface area contributed by atoms with Crippen LogP contribution in [0.1, 0.15) is 10.4 Å². The molecule has 0 atom stereocenters. The lowest BCUT2D eigenvalue weighted by atomic mass is 10.2. The monoisotopic (exact) mass is 339 g/mol. The van der Waals surface area contributed by atoms with E-state index in [0.29, 0.717) is 15.7 Å². The molecule has 1 N–H and O–H groups in total.